The number of amides is 2. The number of fused-ring (bicyclic) bond motifs is 1. The molecule has 0 bridgehead atoms. The molecule has 0 saturated carbocycles. The van der Waals surface area contributed by atoms with E-state index in [0.29, 0.717) is 42.8 Å². The fourth-order valence-corrected chi connectivity index (χ4v) is 2.35. The monoisotopic (exact) mass is 326 g/mol. The first-order chi connectivity index (χ1) is 10.6. The molecule has 2 amide bonds. The summed E-state index contributed by atoms with van der Waals surface area (Å²) in [5, 5.41) is 3.23. The van der Waals surface area contributed by atoms with E-state index in [1.165, 1.54) is 0 Å². The van der Waals surface area contributed by atoms with Gasteiger partial charge in [-0.05, 0) is 18.2 Å². The minimum absolute atomic E-state index is 0.117. The van der Waals surface area contributed by atoms with Gasteiger partial charge in [-0.2, -0.15) is 0 Å². The van der Waals surface area contributed by atoms with Gasteiger partial charge < -0.3 is 19.7 Å². The van der Waals surface area contributed by atoms with Crippen molar-refractivity contribution >= 4 is 29.1 Å². The van der Waals surface area contributed by atoms with Crippen molar-refractivity contribution in [2.75, 3.05) is 38.3 Å². The normalized spacial score (nSPS) is 13.3. The summed E-state index contributed by atoms with van der Waals surface area (Å²) < 4.78 is 10.4. The Morgan fingerprint density at radius 3 is 3.00 bits per heavy atom. The first-order valence-corrected chi connectivity index (χ1v) is 7.48. The van der Waals surface area contributed by atoms with Crippen LogP contribution in [0.1, 0.15) is 12.8 Å². The molecule has 0 saturated heterocycles. The van der Waals surface area contributed by atoms with Gasteiger partial charge in [0.1, 0.15) is 12.4 Å². The summed E-state index contributed by atoms with van der Waals surface area (Å²) in [5.74, 6) is 0.354. The molecular weight excluding hydrogens is 308 g/mol. The number of halogens is 1. The number of carbonyl (C=O) groups is 2. The van der Waals surface area contributed by atoms with Gasteiger partial charge >= 0.3 is 0 Å². The molecule has 6 nitrogen and oxygen atoms in total. The quantitative estimate of drug-likeness (QED) is 0.806. The van der Waals surface area contributed by atoms with Crippen LogP contribution in [0.25, 0.3) is 0 Å². The molecule has 0 atom stereocenters. The average molecular weight is 327 g/mol. The van der Waals surface area contributed by atoms with Gasteiger partial charge in [0.05, 0.1) is 18.8 Å². The largest absolute Gasteiger partial charge is 0.490 e. The molecule has 1 aromatic rings. The lowest BCUT2D eigenvalue weighted by molar-refractivity contribution is -0.125. The number of methoxy groups -OCH3 is 1. The third kappa shape index (κ3) is 4.35. The Morgan fingerprint density at radius 2 is 2.23 bits per heavy atom. The number of rotatable bonds is 6. The van der Waals surface area contributed by atoms with Crippen LogP contribution in [0, 0.1) is 0 Å². The Hall–Kier alpha value is -1.79. The maximum atomic E-state index is 12.3. The summed E-state index contributed by atoms with van der Waals surface area (Å²) in [6.45, 7) is 1.78. The smallest absolute Gasteiger partial charge is 0.227 e. The lowest BCUT2D eigenvalue weighted by Gasteiger charge is -2.29. The highest BCUT2D eigenvalue weighted by atomic mass is 35.5. The topological polar surface area (TPSA) is 67.9 Å². The average Bonchev–Trinajstić information content (AvgIpc) is 2.52. The zero-order valence-electron chi connectivity index (χ0n) is 12.4. The van der Waals surface area contributed by atoms with Crippen molar-refractivity contribution in [2.45, 2.75) is 12.8 Å². The van der Waals surface area contributed by atoms with Crippen LogP contribution >= 0.6 is 11.6 Å². The molecule has 7 heteroatoms. The lowest BCUT2D eigenvalue weighted by atomic mass is 10.2. The molecule has 0 spiro atoms. The predicted molar refractivity (Wildman–Crippen MR) is 83.4 cm³/mol. The number of carbonyl (C=O) groups excluding carboxylic acids is 2. The maximum Gasteiger partial charge on any atom is 0.227 e. The van der Waals surface area contributed by atoms with E-state index in [2.05, 4.69) is 5.32 Å². The second-order valence-electron chi connectivity index (χ2n) is 4.85. The van der Waals surface area contributed by atoms with Gasteiger partial charge in [-0.3, -0.25) is 9.59 Å². The van der Waals surface area contributed by atoms with Crippen molar-refractivity contribution in [1.82, 2.24) is 5.32 Å². The second-order valence-corrected chi connectivity index (χ2v) is 5.29. The zero-order chi connectivity index (χ0) is 15.9. The summed E-state index contributed by atoms with van der Waals surface area (Å²) >= 11 is 5.98. The number of nitrogens with zero attached hydrogens (tertiary/aromatic N) is 1. The fourth-order valence-electron chi connectivity index (χ4n) is 2.19. The highest BCUT2D eigenvalue weighted by molar-refractivity contribution is 6.31. The molecule has 1 aromatic carbocycles. The standard InChI is InChI=1S/C15H19ClN2O4/c1-21-8-6-17-14(19)4-5-15(20)18-7-9-22-13-3-2-11(16)10-12(13)18/h2-3,10H,4-9H2,1H3,(H,17,19). The number of benzene rings is 1. The van der Waals surface area contributed by atoms with E-state index in [9.17, 15) is 9.59 Å². The summed E-state index contributed by atoms with van der Waals surface area (Å²) in [6.07, 6.45) is 0.292. The molecule has 0 unspecified atom stereocenters. The van der Waals surface area contributed by atoms with Crippen LogP contribution in [0.15, 0.2) is 18.2 Å². The highest BCUT2D eigenvalue weighted by Crippen LogP contribution is 2.34. The first kappa shape index (κ1) is 16.6. The summed E-state index contributed by atoms with van der Waals surface area (Å²) in [6, 6.07) is 5.17. The molecule has 22 heavy (non-hydrogen) atoms. The van der Waals surface area contributed by atoms with Crippen LogP contribution in [-0.4, -0.2) is 45.2 Å². The summed E-state index contributed by atoms with van der Waals surface area (Å²) in [7, 11) is 1.57. The van der Waals surface area contributed by atoms with Gasteiger partial charge in [-0.25, -0.2) is 0 Å². The van der Waals surface area contributed by atoms with Crippen LogP contribution in [0.2, 0.25) is 5.02 Å². The van der Waals surface area contributed by atoms with Crippen LogP contribution in [-0.2, 0) is 14.3 Å². The van der Waals surface area contributed by atoms with E-state index < -0.39 is 0 Å². The molecule has 1 heterocycles. The molecule has 2 rings (SSSR count). The number of ether oxygens (including phenoxy) is 2. The fraction of sp³-hybridized carbons (Fsp3) is 0.467. The Labute approximate surface area is 134 Å². The van der Waals surface area contributed by atoms with Crippen LogP contribution in [0.3, 0.4) is 0 Å². The van der Waals surface area contributed by atoms with E-state index in [-0.39, 0.29) is 24.7 Å². The molecule has 0 fully saturated rings. The van der Waals surface area contributed by atoms with Crippen molar-refractivity contribution in [2.24, 2.45) is 0 Å². The Morgan fingerprint density at radius 1 is 1.41 bits per heavy atom. The third-order valence-electron chi connectivity index (χ3n) is 3.28. The van der Waals surface area contributed by atoms with Gasteiger partial charge in [0.15, 0.2) is 0 Å². The number of hydrogen-bond acceptors (Lipinski definition) is 4. The van der Waals surface area contributed by atoms with E-state index in [0.717, 1.165) is 0 Å². The predicted octanol–water partition coefficient (Wildman–Crippen LogP) is 1.61. The number of anilines is 1. The molecule has 0 radical (unpaired) electrons. The van der Waals surface area contributed by atoms with Crippen LogP contribution in [0.5, 0.6) is 5.75 Å². The van der Waals surface area contributed by atoms with Crippen LogP contribution in [0.4, 0.5) is 5.69 Å². The van der Waals surface area contributed by atoms with Gasteiger partial charge in [-0.15, -0.1) is 0 Å². The van der Waals surface area contributed by atoms with Crippen molar-refractivity contribution in [3.8, 4) is 5.75 Å². The molecule has 0 aliphatic carbocycles. The SMILES string of the molecule is COCCNC(=O)CCC(=O)N1CCOc2ccc(Cl)cc21. The summed E-state index contributed by atoms with van der Waals surface area (Å²) in [5.41, 5.74) is 0.656. The van der Waals surface area contributed by atoms with Gasteiger partial charge in [0.2, 0.25) is 11.8 Å². The second kappa shape index (κ2) is 8.00. The number of nitrogens with one attached hydrogen (secondary N) is 1. The molecule has 1 aliphatic heterocycles. The Balaban J connectivity index is 1.91. The maximum absolute atomic E-state index is 12.3. The minimum Gasteiger partial charge on any atom is -0.490 e. The van der Waals surface area contributed by atoms with Crippen molar-refractivity contribution in [1.29, 1.82) is 0 Å². The van der Waals surface area contributed by atoms with Crippen molar-refractivity contribution in [3.63, 3.8) is 0 Å². The first-order valence-electron chi connectivity index (χ1n) is 7.10. The molecular formula is C15H19ClN2O4. The Bertz CT molecular complexity index is 550. The molecule has 1 aliphatic rings. The van der Waals surface area contributed by atoms with E-state index in [1.807, 2.05) is 0 Å². The van der Waals surface area contributed by atoms with E-state index >= 15 is 0 Å². The van der Waals surface area contributed by atoms with Gasteiger partial charge in [0, 0.05) is 31.5 Å². The van der Waals surface area contributed by atoms with Gasteiger partial charge in [0.25, 0.3) is 0 Å². The van der Waals surface area contributed by atoms with Crippen LogP contribution < -0.4 is 15.0 Å². The third-order valence-corrected chi connectivity index (χ3v) is 3.51. The van der Waals surface area contributed by atoms with E-state index in [4.69, 9.17) is 21.1 Å². The van der Waals surface area contributed by atoms with Crippen molar-refractivity contribution < 1.29 is 19.1 Å². The Kier molecular flexibility index (Phi) is 6.03. The molecule has 1 N–H and O–H groups in total. The summed E-state index contributed by atoms with van der Waals surface area (Å²) in [4.78, 5) is 25.6. The highest BCUT2D eigenvalue weighted by Gasteiger charge is 2.24. The molecule has 0 aromatic heterocycles. The molecule has 120 valence electrons. The van der Waals surface area contributed by atoms with Gasteiger partial charge in [-0.1, -0.05) is 11.6 Å². The van der Waals surface area contributed by atoms with Crippen molar-refractivity contribution in [3.05, 3.63) is 23.2 Å². The zero-order valence-corrected chi connectivity index (χ0v) is 13.2. The minimum atomic E-state index is -0.162. The van der Waals surface area contributed by atoms with E-state index in [1.54, 1.807) is 30.2 Å². The lowest BCUT2D eigenvalue weighted by Crippen LogP contribution is -2.38. The number of hydrogen-bond donors (Lipinski definition) is 1.